The van der Waals surface area contributed by atoms with E-state index in [1.54, 1.807) is 6.33 Å². The molecule has 1 aromatic heterocycles. The number of nitrogens with zero attached hydrogens (tertiary/aromatic N) is 2. The van der Waals surface area contributed by atoms with Gasteiger partial charge in [0.25, 0.3) is 0 Å². The lowest BCUT2D eigenvalue weighted by Gasteiger charge is -2.25. The molecule has 0 amide bonds. The summed E-state index contributed by atoms with van der Waals surface area (Å²) in [6.45, 7) is 4.90. The zero-order valence-electron chi connectivity index (χ0n) is 12.0. The topological polar surface area (TPSA) is 84.0 Å². The summed E-state index contributed by atoms with van der Waals surface area (Å²) in [6.07, 6.45) is 3.66. The normalized spacial score (nSPS) is 18.7. The maximum Gasteiger partial charge on any atom is 0.150 e. The highest BCUT2D eigenvalue weighted by Gasteiger charge is 2.24. The van der Waals surface area contributed by atoms with E-state index in [2.05, 4.69) is 27.5 Å². The Balaban J connectivity index is 2.11. The molecule has 112 valence electrons. The molecule has 0 saturated carbocycles. The Morgan fingerprint density at radius 1 is 1.20 bits per heavy atom. The monoisotopic (exact) mass is 298 g/mol. The summed E-state index contributed by atoms with van der Waals surface area (Å²) in [5.74, 6) is 2.20. The van der Waals surface area contributed by atoms with Crippen molar-refractivity contribution < 1.29 is 8.42 Å². The Hall–Kier alpha value is -1.37. The van der Waals surface area contributed by atoms with E-state index in [9.17, 15) is 8.42 Å². The summed E-state index contributed by atoms with van der Waals surface area (Å²) >= 11 is 0. The molecule has 1 aromatic rings. The van der Waals surface area contributed by atoms with Crippen LogP contribution in [0.4, 0.5) is 11.6 Å². The number of rotatable bonds is 5. The maximum atomic E-state index is 11.4. The third-order valence-corrected chi connectivity index (χ3v) is 5.25. The third kappa shape index (κ3) is 3.59. The van der Waals surface area contributed by atoms with E-state index in [0.717, 1.165) is 30.2 Å². The minimum Gasteiger partial charge on any atom is -0.370 e. The summed E-state index contributed by atoms with van der Waals surface area (Å²) in [5.41, 5.74) is 1.06. The molecule has 0 aliphatic carbocycles. The fourth-order valence-corrected chi connectivity index (χ4v) is 3.91. The van der Waals surface area contributed by atoms with E-state index in [1.807, 2.05) is 6.92 Å². The molecule has 6 nitrogen and oxygen atoms in total. The van der Waals surface area contributed by atoms with Crippen molar-refractivity contribution in [3.63, 3.8) is 0 Å². The number of nitrogens with one attached hydrogen (secondary N) is 2. The van der Waals surface area contributed by atoms with Gasteiger partial charge in [-0.1, -0.05) is 6.92 Å². The van der Waals surface area contributed by atoms with Gasteiger partial charge in [-0.2, -0.15) is 0 Å². The Bertz CT molecular complexity index is 545. The largest absolute Gasteiger partial charge is 0.370 e. The molecule has 0 radical (unpaired) electrons. The fraction of sp³-hybridized carbons (Fsp3) is 0.692. The van der Waals surface area contributed by atoms with Crippen LogP contribution in [0.5, 0.6) is 0 Å². The van der Waals surface area contributed by atoms with Crippen LogP contribution in [0.2, 0.25) is 0 Å². The number of aromatic nitrogens is 2. The van der Waals surface area contributed by atoms with Crippen molar-refractivity contribution in [3.8, 4) is 0 Å². The smallest absolute Gasteiger partial charge is 0.150 e. The highest BCUT2D eigenvalue weighted by molar-refractivity contribution is 7.91. The molecular weight excluding hydrogens is 276 g/mol. The van der Waals surface area contributed by atoms with Gasteiger partial charge in [0.05, 0.1) is 11.5 Å². The predicted octanol–water partition coefficient (Wildman–Crippen LogP) is 1.46. The van der Waals surface area contributed by atoms with Crippen LogP contribution in [0.25, 0.3) is 0 Å². The van der Waals surface area contributed by atoms with Crippen LogP contribution in [-0.2, 0) is 16.3 Å². The van der Waals surface area contributed by atoms with Crippen LogP contribution >= 0.6 is 0 Å². The van der Waals surface area contributed by atoms with Gasteiger partial charge in [-0.05, 0) is 26.2 Å². The van der Waals surface area contributed by atoms with E-state index in [0.29, 0.717) is 12.8 Å². The van der Waals surface area contributed by atoms with Crippen LogP contribution in [0.3, 0.4) is 0 Å². The molecule has 0 aromatic carbocycles. The van der Waals surface area contributed by atoms with E-state index in [4.69, 9.17) is 0 Å². The molecular formula is C13H22N4O2S. The lowest BCUT2D eigenvalue weighted by atomic mass is 10.1. The van der Waals surface area contributed by atoms with Crippen LogP contribution < -0.4 is 10.6 Å². The van der Waals surface area contributed by atoms with Crippen molar-refractivity contribution in [3.05, 3.63) is 11.9 Å². The molecule has 2 N–H and O–H groups in total. The van der Waals surface area contributed by atoms with Gasteiger partial charge in [-0.15, -0.1) is 0 Å². The van der Waals surface area contributed by atoms with Gasteiger partial charge in [0.1, 0.15) is 27.8 Å². The molecule has 1 aliphatic rings. The van der Waals surface area contributed by atoms with Crippen molar-refractivity contribution >= 4 is 21.5 Å². The quantitative estimate of drug-likeness (QED) is 0.856. The van der Waals surface area contributed by atoms with Crippen LogP contribution in [-0.4, -0.2) is 42.5 Å². The van der Waals surface area contributed by atoms with Crippen molar-refractivity contribution in [2.75, 3.05) is 28.7 Å². The zero-order valence-corrected chi connectivity index (χ0v) is 12.8. The van der Waals surface area contributed by atoms with Gasteiger partial charge in [0.15, 0.2) is 0 Å². The van der Waals surface area contributed by atoms with Gasteiger partial charge in [-0.25, -0.2) is 18.4 Å². The van der Waals surface area contributed by atoms with E-state index < -0.39 is 9.84 Å². The first-order valence-electron chi connectivity index (χ1n) is 7.10. The fourth-order valence-electron chi connectivity index (χ4n) is 2.42. The SMILES string of the molecule is CCNc1ncnc(NC2CCS(=O)(=O)CC2)c1CC. The molecule has 2 heterocycles. The number of hydrogen-bond donors (Lipinski definition) is 2. The second-order valence-electron chi connectivity index (χ2n) is 5.00. The van der Waals surface area contributed by atoms with Crippen LogP contribution in [0, 0.1) is 0 Å². The molecule has 1 saturated heterocycles. The Labute approximate surface area is 120 Å². The molecule has 1 aliphatic heterocycles. The Kier molecular flexibility index (Phi) is 4.80. The van der Waals surface area contributed by atoms with Gasteiger partial charge < -0.3 is 10.6 Å². The minimum absolute atomic E-state index is 0.174. The van der Waals surface area contributed by atoms with Crippen molar-refractivity contribution in [2.45, 2.75) is 39.2 Å². The lowest BCUT2D eigenvalue weighted by molar-refractivity contribution is 0.558. The highest BCUT2D eigenvalue weighted by Crippen LogP contribution is 2.23. The average Bonchev–Trinajstić information content (AvgIpc) is 2.42. The summed E-state index contributed by atoms with van der Waals surface area (Å²) in [7, 11) is -2.83. The van der Waals surface area contributed by atoms with Crippen LogP contribution in [0.15, 0.2) is 6.33 Å². The summed E-state index contributed by atoms with van der Waals surface area (Å²) < 4.78 is 22.9. The molecule has 0 bridgehead atoms. The average molecular weight is 298 g/mol. The summed E-state index contributed by atoms with van der Waals surface area (Å²) in [4.78, 5) is 8.57. The minimum atomic E-state index is -2.83. The molecule has 0 atom stereocenters. The first-order chi connectivity index (χ1) is 9.55. The van der Waals surface area contributed by atoms with Gasteiger partial charge >= 0.3 is 0 Å². The highest BCUT2D eigenvalue weighted by atomic mass is 32.2. The van der Waals surface area contributed by atoms with E-state index in [1.165, 1.54) is 0 Å². The number of sulfone groups is 1. The van der Waals surface area contributed by atoms with Gasteiger partial charge in [0, 0.05) is 18.2 Å². The molecule has 1 fully saturated rings. The molecule has 2 rings (SSSR count). The molecule has 0 spiro atoms. The maximum absolute atomic E-state index is 11.4. The first kappa shape index (κ1) is 15.0. The van der Waals surface area contributed by atoms with Crippen molar-refractivity contribution in [2.24, 2.45) is 0 Å². The second-order valence-corrected chi connectivity index (χ2v) is 7.31. The summed E-state index contributed by atoms with van der Waals surface area (Å²) in [6, 6.07) is 0.174. The molecule has 20 heavy (non-hydrogen) atoms. The van der Waals surface area contributed by atoms with Gasteiger partial charge in [-0.3, -0.25) is 0 Å². The van der Waals surface area contributed by atoms with Crippen molar-refractivity contribution in [1.82, 2.24) is 9.97 Å². The first-order valence-corrected chi connectivity index (χ1v) is 8.92. The third-order valence-electron chi connectivity index (χ3n) is 3.54. The van der Waals surface area contributed by atoms with E-state index in [-0.39, 0.29) is 17.5 Å². The Morgan fingerprint density at radius 3 is 2.45 bits per heavy atom. The number of anilines is 2. The Morgan fingerprint density at radius 2 is 1.85 bits per heavy atom. The molecule has 0 unspecified atom stereocenters. The van der Waals surface area contributed by atoms with Crippen molar-refractivity contribution in [1.29, 1.82) is 0 Å². The molecule has 7 heteroatoms. The zero-order chi connectivity index (χ0) is 14.6. The lowest BCUT2D eigenvalue weighted by Crippen LogP contribution is -2.32. The standard InChI is InChI=1S/C13H22N4O2S/c1-3-11-12(14-4-2)15-9-16-13(11)17-10-5-7-20(18,19)8-6-10/h9-10H,3-8H2,1-2H3,(H2,14,15,16,17). The van der Waals surface area contributed by atoms with Gasteiger partial charge in [0.2, 0.25) is 0 Å². The van der Waals surface area contributed by atoms with E-state index >= 15 is 0 Å². The van der Waals surface area contributed by atoms with Crippen LogP contribution in [0.1, 0.15) is 32.3 Å². The summed E-state index contributed by atoms with van der Waals surface area (Å²) in [5, 5.41) is 6.61. The predicted molar refractivity (Wildman–Crippen MR) is 80.9 cm³/mol. The second kappa shape index (κ2) is 6.39. The number of hydrogen-bond acceptors (Lipinski definition) is 6.